The van der Waals surface area contributed by atoms with Crippen LogP contribution in [0.25, 0.3) is 0 Å². The maximum atomic E-state index is 12.7. The summed E-state index contributed by atoms with van der Waals surface area (Å²) in [4.78, 5) is 50.7. The quantitative estimate of drug-likeness (QED) is 0.562. The molecule has 7 nitrogen and oxygen atoms in total. The molecule has 1 atom stereocenters. The van der Waals surface area contributed by atoms with Crippen LogP contribution in [0.4, 0.5) is 0 Å². The minimum Gasteiger partial charge on any atom is -0.454 e. The summed E-state index contributed by atoms with van der Waals surface area (Å²) >= 11 is 1.49. The lowest BCUT2D eigenvalue weighted by Gasteiger charge is -2.25. The van der Waals surface area contributed by atoms with Gasteiger partial charge in [0.25, 0.3) is 17.7 Å². The number of fused-ring (bicyclic) bond motifs is 1. The number of ether oxygens (including phenoxy) is 1. The van der Waals surface area contributed by atoms with E-state index in [0.717, 1.165) is 4.90 Å². The van der Waals surface area contributed by atoms with Gasteiger partial charge in [-0.1, -0.05) is 12.1 Å². The highest BCUT2D eigenvalue weighted by molar-refractivity contribution is 7.98. The number of carbonyl (C=O) groups excluding carboxylic acids is 4. The predicted octanol–water partition coefficient (Wildman–Crippen LogP) is 1.86. The van der Waals surface area contributed by atoms with E-state index in [0.29, 0.717) is 5.75 Å². The molecule has 2 rings (SSSR count). The largest absolute Gasteiger partial charge is 0.454 e. The predicted molar refractivity (Wildman–Crippen MR) is 103 cm³/mol. The summed E-state index contributed by atoms with van der Waals surface area (Å²) in [5, 5.41) is 2.69. The summed E-state index contributed by atoms with van der Waals surface area (Å²) in [5.74, 6) is -1.68. The number of esters is 1. The molecule has 146 valence electrons. The lowest BCUT2D eigenvalue weighted by atomic mass is 10.1. The number of thioether (sulfide) groups is 1. The zero-order valence-corrected chi connectivity index (χ0v) is 16.7. The molecule has 0 saturated heterocycles. The third-order valence-electron chi connectivity index (χ3n) is 3.86. The Morgan fingerprint density at radius 2 is 1.70 bits per heavy atom. The lowest BCUT2D eigenvalue weighted by Crippen LogP contribution is -2.47. The SMILES string of the molecule is CSCC[C@@H](C(=O)OCC(=O)NC(C)(C)C)N1C(=O)c2ccccc2C1=O. The van der Waals surface area contributed by atoms with E-state index in [4.69, 9.17) is 4.74 Å². The van der Waals surface area contributed by atoms with E-state index in [-0.39, 0.29) is 17.5 Å². The lowest BCUT2D eigenvalue weighted by molar-refractivity contribution is -0.152. The number of benzene rings is 1. The van der Waals surface area contributed by atoms with Gasteiger partial charge >= 0.3 is 5.97 Å². The maximum Gasteiger partial charge on any atom is 0.329 e. The molecule has 3 amide bonds. The first-order valence-electron chi connectivity index (χ1n) is 8.59. The van der Waals surface area contributed by atoms with Crippen molar-refractivity contribution in [3.63, 3.8) is 0 Å². The Bertz CT molecular complexity index is 722. The standard InChI is InChI=1S/C19H24N2O5S/c1-19(2,3)20-15(22)11-26-18(25)14(9-10-27-4)21-16(23)12-7-5-6-8-13(12)17(21)24/h5-8,14H,9-11H2,1-4H3,(H,20,22)/t14-/m0/s1. The topological polar surface area (TPSA) is 92.8 Å². The van der Waals surface area contributed by atoms with Crippen molar-refractivity contribution in [2.45, 2.75) is 38.8 Å². The second-order valence-corrected chi connectivity index (χ2v) is 8.21. The molecule has 0 unspecified atom stereocenters. The van der Waals surface area contributed by atoms with E-state index >= 15 is 0 Å². The maximum absolute atomic E-state index is 12.7. The first-order valence-corrected chi connectivity index (χ1v) is 9.98. The third kappa shape index (κ3) is 5.09. The van der Waals surface area contributed by atoms with Crippen molar-refractivity contribution in [3.8, 4) is 0 Å². The van der Waals surface area contributed by atoms with Crippen LogP contribution in [-0.4, -0.2) is 58.8 Å². The van der Waals surface area contributed by atoms with Crippen LogP contribution in [0.15, 0.2) is 24.3 Å². The van der Waals surface area contributed by atoms with Gasteiger partial charge in [-0.2, -0.15) is 11.8 Å². The Hall–Kier alpha value is -2.35. The monoisotopic (exact) mass is 392 g/mol. The van der Waals surface area contributed by atoms with Crippen LogP contribution >= 0.6 is 11.8 Å². The highest BCUT2D eigenvalue weighted by Crippen LogP contribution is 2.26. The molecular formula is C19H24N2O5S. The Morgan fingerprint density at radius 3 is 2.19 bits per heavy atom. The van der Waals surface area contributed by atoms with E-state index in [1.807, 2.05) is 27.0 Å². The first-order chi connectivity index (χ1) is 12.7. The normalized spacial score (nSPS) is 14.7. The second kappa shape index (κ2) is 8.56. The molecule has 1 aromatic carbocycles. The zero-order chi connectivity index (χ0) is 20.2. The summed E-state index contributed by atoms with van der Waals surface area (Å²) in [6.45, 7) is 4.97. The Kier molecular flexibility index (Phi) is 6.64. The number of rotatable bonds is 7. The molecule has 1 aliphatic rings. The average Bonchev–Trinajstić information content (AvgIpc) is 2.84. The summed E-state index contributed by atoms with van der Waals surface area (Å²) in [5.41, 5.74) is 0.0921. The molecular weight excluding hydrogens is 368 g/mol. The van der Waals surface area contributed by atoms with Gasteiger partial charge in [-0.3, -0.25) is 19.3 Å². The minimum atomic E-state index is -1.06. The van der Waals surface area contributed by atoms with Crippen molar-refractivity contribution in [3.05, 3.63) is 35.4 Å². The van der Waals surface area contributed by atoms with Crippen LogP contribution in [0, 0.1) is 0 Å². The van der Waals surface area contributed by atoms with Gasteiger partial charge in [0.05, 0.1) is 11.1 Å². The number of nitrogens with one attached hydrogen (secondary N) is 1. The van der Waals surface area contributed by atoms with Gasteiger partial charge in [0.2, 0.25) is 0 Å². The Balaban J connectivity index is 2.13. The van der Waals surface area contributed by atoms with Crippen molar-refractivity contribution >= 4 is 35.5 Å². The fourth-order valence-electron chi connectivity index (χ4n) is 2.76. The second-order valence-electron chi connectivity index (χ2n) is 7.23. The molecule has 0 bridgehead atoms. The van der Waals surface area contributed by atoms with Gasteiger partial charge in [-0.15, -0.1) is 0 Å². The van der Waals surface area contributed by atoms with E-state index in [1.54, 1.807) is 24.3 Å². The zero-order valence-electron chi connectivity index (χ0n) is 15.9. The smallest absolute Gasteiger partial charge is 0.329 e. The minimum absolute atomic E-state index is 0.256. The Morgan fingerprint density at radius 1 is 1.15 bits per heavy atom. The number of amides is 3. The number of imide groups is 1. The van der Waals surface area contributed by atoms with Gasteiger partial charge in [0, 0.05) is 5.54 Å². The molecule has 0 fully saturated rings. The Labute approximate surface area is 162 Å². The number of hydrogen-bond donors (Lipinski definition) is 1. The van der Waals surface area contributed by atoms with Crippen LogP contribution < -0.4 is 5.32 Å². The van der Waals surface area contributed by atoms with Crippen LogP contribution in [-0.2, 0) is 14.3 Å². The van der Waals surface area contributed by atoms with Crippen LogP contribution in [0.2, 0.25) is 0 Å². The molecule has 27 heavy (non-hydrogen) atoms. The number of carbonyl (C=O) groups is 4. The fraction of sp³-hybridized carbons (Fsp3) is 0.474. The molecule has 1 N–H and O–H groups in total. The molecule has 0 aromatic heterocycles. The van der Waals surface area contributed by atoms with Crippen molar-refractivity contribution in [2.24, 2.45) is 0 Å². The summed E-state index contributed by atoms with van der Waals surface area (Å²) < 4.78 is 5.11. The molecule has 8 heteroatoms. The molecule has 1 aliphatic heterocycles. The number of nitrogens with zero attached hydrogens (tertiary/aromatic N) is 1. The highest BCUT2D eigenvalue weighted by atomic mass is 32.2. The van der Waals surface area contributed by atoms with Crippen molar-refractivity contribution in [1.82, 2.24) is 10.2 Å². The van der Waals surface area contributed by atoms with Gasteiger partial charge < -0.3 is 10.1 Å². The van der Waals surface area contributed by atoms with E-state index in [9.17, 15) is 19.2 Å². The van der Waals surface area contributed by atoms with Crippen LogP contribution in [0.5, 0.6) is 0 Å². The van der Waals surface area contributed by atoms with Crippen molar-refractivity contribution in [1.29, 1.82) is 0 Å². The molecule has 0 radical (unpaired) electrons. The first kappa shape index (κ1) is 21.0. The van der Waals surface area contributed by atoms with Gasteiger partial charge in [-0.05, 0) is 51.3 Å². The van der Waals surface area contributed by atoms with Crippen LogP contribution in [0.1, 0.15) is 47.9 Å². The highest BCUT2D eigenvalue weighted by Gasteiger charge is 2.43. The van der Waals surface area contributed by atoms with Gasteiger partial charge in [0.15, 0.2) is 6.61 Å². The summed E-state index contributed by atoms with van der Waals surface area (Å²) in [6, 6.07) is 5.39. The van der Waals surface area contributed by atoms with Crippen molar-refractivity contribution < 1.29 is 23.9 Å². The molecule has 0 aliphatic carbocycles. The summed E-state index contributed by atoms with van der Waals surface area (Å²) in [6.07, 6.45) is 2.12. The summed E-state index contributed by atoms with van der Waals surface area (Å²) in [7, 11) is 0. The number of hydrogen-bond acceptors (Lipinski definition) is 6. The molecule has 0 spiro atoms. The fourth-order valence-corrected chi connectivity index (χ4v) is 3.22. The van der Waals surface area contributed by atoms with Gasteiger partial charge in [0.1, 0.15) is 6.04 Å². The molecule has 0 saturated carbocycles. The molecule has 1 aromatic rings. The van der Waals surface area contributed by atoms with Crippen molar-refractivity contribution in [2.75, 3.05) is 18.6 Å². The van der Waals surface area contributed by atoms with E-state index in [2.05, 4.69) is 5.32 Å². The van der Waals surface area contributed by atoms with E-state index in [1.165, 1.54) is 11.8 Å². The average molecular weight is 392 g/mol. The van der Waals surface area contributed by atoms with E-state index < -0.39 is 41.9 Å². The van der Waals surface area contributed by atoms with Crippen LogP contribution in [0.3, 0.4) is 0 Å². The molecule has 1 heterocycles. The third-order valence-corrected chi connectivity index (χ3v) is 4.51. The van der Waals surface area contributed by atoms with Gasteiger partial charge in [-0.25, -0.2) is 4.79 Å².